The largest absolute Gasteiger partial charge is 1.00 e. The van der Waals surface area contributed by atoms with Gasteiger partial charge in [0.1, 0.15) is 15.8 Å². The van der Waals surface area contributed by atoms with Crippen LogP contribution < -0.4 is 39.8 Å². The summed E-state index contributed by atoms with van der Waals surface area (Å²) in [6.45, 7) is 9.59. The maximum Gasteiger partial charge on any atom is 1.00 e. The van der Waals surface area contributed by atoms with Gasteiger partial charge in [-0.25, -0.2) is 18.4 Å². The molecule has 2 heterocycles. The van der Waals surface area contributed by atoms with Crippen LogP contribution in [0.5, 0.6) is 0 Å². The second-order valence-corrected chi connectivity index (χ2v) is 12.5. The minimum absolute atomic E-state index is 0. The van der Waals surface area contributed by atoms with Gasteiger partial charge in [-0.05, 0) is 73.7 Å². The molecule has 4 aromatic rings. The summed E-state index contributed by atoms with van der Waals surface area (Å²) in [6.07, 6.45) is 0. The van der Waals surface area contributed by atoms with Crippen LogP contribution in [0, 0.1) is 5.41 Å². The molecule has 5 rings (SSSR count). The number of likely N-dealkylation sites (N-methyl/N-ethyl adjacent to an activating group) is 1. The number of aliphatic hydroxyl groups is 1. The van der Waals surface area contributed by atoms with E-state index in [1.54, 1.807) is 24.3 Å². The van der Waals surface area contributed by atoms with E-state index in [1.807, 2.05) is 31.2 Å². The number of hydrogen-bond donors (Lipinski definition) is 2. The van der Waals surface area contributed by atoms with Crippen molar-refractivity contribution in [3.8, 4) is 11.4 Å². The van der Waals surface area contributed by atoms with Crippen LogP contribution in [-0.2, 0) is 10.1 Å². The maximum atomic E-state index is 12.7. The standard InChI is InChI=1S/C31H33N7O5S.Na/c1-5-37(17-18-39)24-15-13-22(14-16-24)32-26-27(31(2,3)4)35-38-29(26)34-28(36-38)20-9-11-23(12-10-20)33-30(40)21-7-6-8-25(19-21)44(41,42)43;/h6-16,19,39H,5,17-18H2,1-4H3,(H,33,40)(H,41,42,43);/q;+1/p-1. The Bertz CT molecular complexity index is 1860. The number of benzene rings is 3. The number of amides is 1. The van der Waals surface area contributed by atoms with E-state index in [-0.39, 0.29) is 47.1 Å². The molecule has 1 aromatic heterocycles. The summed E-state index contributed by atoms with van der Waals surface area (Å²) >= 11 is 0. The van der Waals surface area contributed by atoms with Gasteiger partial charge in [0.2, 0.25) is 5.82 Å². The number of anilines is 2. The first kappa shape index (κ1) is 34.2. The van der Waals surface area contributed by atoms with Gasteiger partial charge in [0.15, 0.2) is 5.82 Å². The molecular weight excluding hydrogens is 605 g/mol. The van der Waals surface area contributed by atoms with E-state index in [1.165, 1.54) is 16.9 Å². The van der Waals surface area contributed by atoms with E-state index in [0.717, 1.165) is 35.8 Å². The van der Waals surface area contributed by atoms with E-state index in [9.17, 15) is 22.9 Å². The number of aromatic nitrogens is 3. The van der Waals surface area contributed by atoms with Crippen molar-refractivity contribution in [3.63, 3.8) is 0 Å². The number of fused-ring (bicyclic) bond motifs is 1. The van der Waals surface area contributed by atoms with Crippen molar-refractivity contribution in [2.24, 2.45) is 15.5 Å². The quantitative estimate of drug-likeness (QED) is 0.205. The zero-order valence-electron chi connectivity index (χ0n) is 25.7. The van der Waals surface area contributed by atoms with Crippen LogP contribution >= 0.6 is 0 Å². The van der Waals surface area contributed by atoms with Gasteiger partial charge in [-0.15, -0.1) is 9.89 Å². The van der Waals surface area contributed by atoms with Gasteiger partial charge in [0.05, 0.1) is 22.9 Å². The number of aliphatic imine (C=N–C) groups is 1. The van der Waals surface area contributed by atoms with Crippen molar-refractivity contribution >= 4 is 44.5 Å². The van der Waals surface area contributed by atoms with Crippen molar-refractivity contribution in [3.05, 3.63) is 84.2 Å². The van der Waals surface area contributed by atoms with E-state index < -0.39 is 20.9 Å². The molecule has 45 heavy (non-hydrogen) atoms. The molecule has 0 atom stereocenters. The summed E-state index contributed by atoms with van der Waals surface area (Å²) < 4.78 is 33.9. The van der Waals surface area contributed by atoms with Crippen LogP contribution in [0.2, 0.25) is 0 Å². The molecule has 12 nitrogen and oxygen atoms in total. The van der Waals surface area contributed by atoms with Gasteiger partial charge < -0.3 is 19.9 Å². The SMILES string of the molecule is CCN(CCO)c1ccc(N=C2C(C(C)(C)C)=Nn3nc(-c4ccc(NC(=O)c5cccc(S(=O)(=O)[O-])c5)cc4)nc32)cc1.[Na+]. The Kier molecular flexibility index (Phi) is 10.4. The van der Waals surface area contributed by atoms with Gasteiger partial charge >= 0.3 is 29.6 Å². The molecule has 0 saturated carbocycles. The van der Waals surface area contributed by atoms with Gasteiger partial charge in [-0.2, -0.15) is 5.10 Å². The molecule has 0 saturated heterocycles. The fraction of sp³-hybridized carbons (Fsp3) is 0.258. The van der Waals surface area contributed by atoms with Gasteiger partial charge in [0.25, 0.3) is 5.91 Å². The molecular formula is C31H32N7NaO5S. The Labute approximate surface area is 284 Å². The van der Waals surface area contributed by atoms with E-state index in [0.29, 0.717) is 35.2 Å². The predicted molar refractivity (Wildman–Crippen MR) is 168 cm³/mol. The first-order valence-corrected chi connectivity index (χ1v) is 15.4. The van der Waals surface area contributed by atoms with E-state index >= 15 is 0 Å². The van der Waals surface area contributed by atoms with Gasteiger partial charge in [0, 0.05) is 41.0 Å². The summed E-state index contributed by atoms with van der Waals surface area (Å²) in [6, 6.07) is 19.6. The molecule has 1 aliphatic rings. The average Bonchev–Trinajstić information content (AvgIpc) is 3.56. The number of aliphatic hydroxyl groups excluding tert-OH is 1. The molecule has 0 bridgehead atoms. The minimum Gasteiger partial charge on any atom is -0.744 e. The molecule has 0 fully saturated rings. The third kappa shape index (κ3) is 7.75. The first-order chi connectivity index (χ1) is 20.9. The summed E-state index contributed by atoms with van der Waals surface area (Å²) in [7, 11) is -4.68. The topological polar surface area (TPSA) is 165 Å². The summed E-state index contributed by atoms with van der Waals surface area (Å²) in [5, 5.41) is 21.3. The Morgan fingerprint density at radius 3 is 2.36 bits per heavy atom. The van der Waals surface area contributed by atoms with E-state index in [2.05, 4.69) is 36.1 Å². The van der Waals surface area contributed by atoms with Crippen LogP contribution in [0.3, 0.4) is 0 Å². The van der Waals surface area contributed by atoms with Crippen molar-refractivity contribution in [2.45, 2.75) is 32.6 Å². The molecule has 0 aliphatic carbocycles. The maximum absolute atomic E-state index is 12.7. The van der Waals surface area contributed by atoms with Crippen molar-refractivity contribution in [1.29, 1.82) is 0 Å². The zero-order chi connectivity index (χ0) is 31.6. The molecule has 1 aliphatic heterocycles. The number of hydrogen-bond acceptors (Lipinski definition) is 10. The Morgan fingerprint density at radius 2 is 1.76 bits per heavy atom. The van der Waals surface area contributed by atoms with Gasteiger partial charge in [-0.1, -0.05) is 26.8 Å². The minimum atomic E-state index is -4.68. The normalized spacial score (nSPS) is 13.6. The average molecular weight is 638 g/mol. The molecule has 0 unspecified atom stereocenters. The summed E-state index contributed by atoms with van der Waals surface area (Å²) in [5.41, 5.74) is 3.97. The Morgan fingerprint density at radius 1 is 1.07 bits per heavy atom. The fourth-order valence-corrected chi connectivity index (χ4v) is 5.17. The smallest absolute Gasteiger partial charge is 0.744 e. The first-order valence-electron chi connectivity index (χ1n) is 14.0. The summed E-state index contributed by atoms with van der Waals surface area (Å²) in [5.74, 6) is 0.375. The third-order valence-corrected chi connectivity index (χ3v) is 7.76. The molecule has 0 radical (unpaired) electrons. The number of carbonyl (C=O) groups is 1. The fourth-order valence-electron chi connectivity index (χ4n) is 4.66. The van der Waals surface area contributed by atoms with Crippen LogP contribution in [0.1, 0.15) is 43.9 Å². The second kappa shape index (κ2) is 13.7. The Balaban J connectivity index is 0.00000461. The third-order valence-electron chi connectivity index (χ3n) is 6.93. The number of rotatable bonds is 9. The molecule has 0 spiro atoms. The number of nitrogens with zero attached hydrogens (tertiary/aromatic N) is 6. The van der Waals surface area contributed by atoms with Crippen LogP contribution in [0.15, 0.2) is 87.8 Å². The molecule has 2 N–H and O–H groups in total. The van der Waals surface area contributed by atoms with Gasteiger partial charge in [-0.3, -0.25) is 4.79 Å². The van der Waals surface area contributed by atoms with Crippen LogP contribution in [0.25, 0.3) is 11.4 Å². The monoisotopic (exact) mass is 637 g/mol. The Hall–Kier alpha value is -3.72. The van der Waals surface area contributed by atoms with E-state index in [4.69, 9.17) is 15.1 Å². The zero-order valence-corrected chi connectivity index (χ0v) is 28.5. The van der Waals surface area contributed by atoms with Crippen molar-refractivity contribution in [2.75, 3.05) is 29.9 Å². The van der Waals surface area contributed by atoms with Crippen molar-refractivity contribution in [1.82, 2.24) is 14.9 Å². The number of nitrogens with one attached hydrogen (secondary N) is 1. The van der Waals surface area contributed by atoms with Crippen LogP contribution in [-0.4, -0.2) is 70.0 Å². The molecule has 3 aromatic carbocycles. The predicted octanol–water partition coefficient (Wildman–Crippen LogP) is 1.31. The molecule has 1 amide bonds. The van der Waals surface area contributed by atoms with Crippen LogP contribution in [0.4, 0.5) is 17.1 Å². The molecule has 228 valence electrons. The number of carbonyl (C=O) groups excluding carboxylic acids is 1. The molecule has 14 heteroatoms. The van der Waals surface area contributed by atoms with Crippen molar-refractivity contribution < 1.29 is 52.4 Å². The summed E-state index contributed by atoms with van der Waals surface area (Å²) in [4.78, 5) is 25.4. The second-order valence-electron chi connectivity index (χ2n) is 11.1.